The third-order valence-electron chi connectivity index (χ3n) is 1.75. The lowest BCUT2D eigenvalue weighted by atomic mass is 10.1. The average molecular weight is 185 g/mol. The number of hydrogen-bond acceptors (Lipinski definition) is 2. The van der Waals surface area contributed by atoms with E-state index in [4.69, 9.17) is 11.6 Å². The molecule has 2 nitrogen and oxygen atoms in total. The van der Waals surface area contributed by atoms with Crippen LogP contribution in [-0.4, -0.2) is 11.4 Å². The van der Waals surface area contributed by atoms with Gasteiger partial charge < -0.3 is 5.11 Å². The zero-order valence-electron chi connectivity index (χ0n) is 6.67. The summed E-state index contributed by atoms with van der Waals surface area (Å²) in [5.41, 5.74) is 0.914. The maximum absolute atomic E-state index is 10.5. The van der Waals surface area contributed by atoms with E-state index in [1.54, 1.807) is 12.1 Å². The quantitative estimate of drug-likeness (QED) is 0.717. The van der Waals surface area contributed by atoms with Gasteiger partial charge in [-0.3, -0.25) is 4.79 Å². The monoisotopic (exact) mass is 184 g/mol. The lowest BCUT2D eigenvalue weighted by Gasteiger charge is -2.04. The van der Waals surface area contributed by atoms with Crippen LogP contribution in [-0.2, 0) is 6.42 Å². The van der Waals surface area contributed by atoms with Gasteiger partial charge in [-0.1, -0.05) is 24.6 Å². The van der Waals surface area contributed by atoms with Crippen LogP contribution in [0.1, 0.15) is 22.8 Å². The predicted octanol–water partition coefficient (Wildman–Crippen LogP) is 2.42. The molecule has 0 aliphatic carbocycles. The summed E-state index contributed by atoms with van der Waals surface area (Å²) in [5, 5.41) is 9.75. The highest BCUT2D eigenvalue weighted by atomic mass is 35.5. The topological polar surface area (TPSA) is 37.3 Å². The van der Waals surface area contributed by atoms with Gasteiger partial charge in [-0.05, 0) is 18.1 Å². The number of rotatable bonds is 2. The van der Waals surface area contributed by atoms with Crippen molar-refractivity contribution < 1.29 is 9.90 Å². The van der Waals surface area contributed by atoms with Crippen LogP contribution >= 0.6 is 11.6 Å². The van der Waals surface area contributed by atoms with Gasteiger partial charge in [0.25, 0.3) is 0 Å². The van der Waals surface area contributed by atoms with E-state index in [1.807, 2.05) is 6.92 Å². The van der Waals surface area contributed by atoms with Gasteiger partial charge in [0.2, 0.25) is 0 Å². The minimum absolute atomic E-state index is 0.000000000000000222. The lowest BCUT2D eigenvalue weighted by molar-refractivity contribution is 0.112. The van der Waals surface area contributed by atoms with E-state index in [0.717, 1.165) is 5.56 Å². The lowest BCUT2D eigenvalue weighted by Crippen LogP contribution is -1.89. The Balaban J connectivity index is 3.33. The molecule has 12 heavy (non-hydrogen) atoms. The molecule has 1 aromatic carbocycles. The van der Waals surface area contributed by atoms with Crippen molar-refractivity contribution in [3.63, 3.8) is 0 Å². The number of carbonyl (C=O) groups excluding carboxylic acids is 1. The van der Waals surface area contributed by atoms with Crippen LogP contribution < -0.4 is 0 Å². The minimum atomic E-state index is 0.000000000000000222. The van der Waals surface area contributed by atoms with Crippen LogP contribution in [0.25, 0.3) is 0 Å². The number of carbonyl (C=O) groups is 1. The van der Waals surface area contributed by atoms with Gasteiger partial charge in [-0.2, -0.15) is 0 Å². The van der Waals surface area contributed by atoms with E-state index in [9.17, 15) is 9.90 Å². The molecule has 3 heteroatoms. The SMILES string of the molecule is CCc1ccc(Cl)c(C=O)c1O. The molecule has 0 saturated carbocycles. The first kappa shape index (κ1) is 9.07. The summed E-state index contributed by atoms with van der Waals surface area (Å²) in [4.78, 5) is 10.5. The van der Waals surface area contributed by atoms with Crippen LogP contribution in [0.5, 0.6) is 5.75 Å². The second kappa shape index (κ2) is 3.59. The Bertz CT molecular complexity index is 308. The Morgan fingerprint density at radius 1 is 1.58 bits per heavy atom. The second-order valence-corrected chi connectivity index (χ2v) is 2.85. The van der Waals surface area contributed by atoms with Crippen molar-refractivity contribution in [1.82, 2.24) is 0 Å². The molecular weight excluding hydrogens is 176 g/mol. The van der Waals surface area contributed by atoms with E-state index in [-0.39, 0.29) is 11.3 Å². The van der Waals surface area contributed by atoms with Crippen LogP contribution in [0.2, 0.25) is 5.02 Å². The molecule has 0 saturated heterocycles. The Morgan fingerprint density at radius 3 is 2.75 bits per heavy atom. The van der Waals surface area contributed by atoms with Crippen LogP contribution in [0.4, 0.5) is 0 Å². The van der Waals surface area contributed by atoms with E-state index in [0.29, 0.717) is 17.7 Å². The molecule has 0 amide bonds. The zero-order valence-corrected chi connectivity index (χ0v) is 7.43. The standard InChI is InChI=1S/C9H9ClO2/c1-2-6-3-4-8(10)7(5-11)9(6)12/h3-5,12H,2H2,1H3. The van der Waals surface area contributed by atoms with Gasteiger partial charge in [0.1, 0.15) is 5.75 Å². The fraction of sp³-hybridized carbons (Fsp3) is 0.222. The summed E-state index contributed by atoms with van der Waals surface area (Å²) in [6.45, 7) is 1.90. The number of aromatic hydroxyl groups is 1. The molecule has 0 radical (unpaired) electrons. The minimum Gasteiger partial charge on any atom is -0.507 e. The fourth-order valence-corrected chi connectivity index (χ4v) is 1.22. The smallest absolute Gasteiger partial charge is 0.155 e. The van der Waals surface area contributed by atoms with Crippen molar-refractivity contribution in [3.05, 3.63) is 28.3 Å². The van der Waals surface area contributed by atoms with Crippen molar-refractivity contribution in [2.75, 3.05) is 0 Å². The second-order valence-electron chi connectivity index (χ2n) is 2.44. The summed E-state index contributed by atoms with van der Waals surface area (Å²) >= 11 is 5.67. The van der Waals surface area contributed by atoms with E-state index in [2.05, 4.69) is 0 Å². The number of halogens is 1. The van der Waals surface area contributed by atoms with Crippen molar-refractivity contribution in [3.8, 4) is 5.75 Å². The number of aryl methyl sites for hydroxylation is 1. The summed E-state index contributed by atoms with van der Waals surface area (Å²) in [7, 11) is 0. The van der Waals surface area contributed by atoms with Crippen molar-refractivity contribution in [2.24, 2.45) is 0 Å². The summed E-state index contributed by atoms with van der Waals surface area (Å²) in [6, 6.07) is 3.33. The number of aldehydes is 1. The normalized spacial score (nSPS) is 9.83. The molecule has 0 aliphatic heterocycles. The van der Waals surface area contributed by atoms with Gasteiger partial charge in [0.05, 0.1) is 10.6 Å². The van der Waals surface area contributed by atoms with Gasteiger partial charge in [0, 0.05) is 0 Å². The van der Waals surface area contributed by atoms with E-state index < -0.39 is 0 Å². The van der Waals surface area contributed by atoms with E-state index in [1.165, 1.54) is 0 Å². The van der Waals surface area contributed by atoms with Crippen molar-refractivity contribution in [2.45, 2.75) is 13.3 Å². The van der Waals surface area contributed by atoms with Crippen LogP contribution in [0.3, 0.4) is 0 Å². The largest absolute Gasteiger partial charge is 0.507 e. The Morgan fingerprint density at radius 2 is 2.25 bits per heavy atom. The first-order valence-corrected chi connectivity index (χ1v) is 4.04. The average Bonchev–Trinajstić information content (AvgIpc) is 2.06. The summed E-state index contributed by atoms with van der Waals surface area (Å²) in [6.07, 6.45) is 1.25. The zero-order chi connectivity index (χ0) is 9.14. The molecule has 0 aromatic heterocycles. The molecule has 1 aromatic rings. The molecule has 0 spiro atoms. The molecule has 0 fully saturated rings. The summed E-state index contributed by atoms with van der Waals surface area (Å²) in [5.74, 6) is 0.000000000000000222. The van der Waals surface area contributed by atoms with E-state index >= 15 is 0 Å². The number of benzene rings is 1. The number of phenolic OH excluding ortho intramolecular Hbond substituents is 1. The number of phenols is 1. The highest BCUT2D eigenvalue weighted by Crippen LogP contribution is 2.27. The molecule has 1 rings (SSSR count). The predicted molar refractivity (Wildman–Crippen MR) is 47.9 cm³/mol. The molecule has 0 heterocycles. The van der Waals surface area contributed by atoms with Crippen molar-refractivity contribution >= 4 is 17.9 Å². The Labute approximate surface area is 75.8 Å². The van der Waals surface area contributed by atoms with Crippen LogP contribution in [0, 0.1) is 0 Å². The van der Waals surface area contributed by atoms with Crippen molar-refractivity contribution in [1.29, 1.82) is 0 Å². The molecule has 64 valence electrons. The van der Waals surface area contributed by atoms with Gasteiger partial charge >= 0.3 is 0 Å². The molecule has 0 bridgehead atoms. The molecule has 0 aliphatic rings. The van der Waals surface area contributed by atoms with Gasteiger partial charge in [-0.15, -0.1) is 0 Å². The first-order valence-electron chi connectivity index (χ1n) is 3.66. The van der Waals surface area contributed by atoms with Gasteiger partial charge in [0.15, 0.2) is 6.29 Å². The first-order chi connectivity index (χ1) is 5.70. The fourth-order valence-electron chi connectivity index (χ4n) is 1.03. The maximum atomic E-state index is 10.5. The van der Waals surface area contributed by atoms with Crippen LogP contribution in [0.15, 0.2) is 12.1 Å². The number of hydrogen-bond donors (Lipinski definition) is 1. The highest BCUT2D eigenvalue weighted by Gasteiger charge is 2.08. The third-order valence-corrected chi connectivity index (χ3v) is 2.08. The molecular formula is C9H9ClO2. The highest BCUT2D eigenvalue weighted by molar-refractivity contribution is 6.33. The summed E-state index contributed by atoms with van der Waals surface area (Å²) < 4.78 is 0. The molecule has 0 atom stereocenters. The Hall–Kier alpha value is -1.02. The maximum Gasteiger partial charge on any atom is 0.155 e. The Kier molecular flexibility index (Phi) is 2.71. The van der Waals surface area contributed by atoms with Gasteiger partial charge in [-0.25, -0.2) is 0 Å². The third kappa shape index (κ3) is 1.43. The molecule has 1 N–H and O–H groups in total. The molecule has 0 unspecified atom stereocenters.